The van der Waals surface area contributed by atoms with Crippen LogP contribution in [-0.4, -0.2) is 39.6 Å². The van der Waals surface area contributed by atoms with E-state index < -0.39 is 0 Å². The first-order chi connectivity index (χ1) is 14.4. The summed E-state index contributed by atoms with van der Waals surface area (Å²) in [5.74, 6) is 3.10. The monoisotopic (exact) mass is 417 g/mol. The predicted molar refractivity (Wildman–Crippen MR) is 118 cm³/mol. The molecule has 8 nitrogen and oxygen atoms in total. The van der Waals surface area contributed by atoms with E-state index in [-0.39, 0.29) is 6.41 Å². The Kier molecular flexibility index (Phi) is 11.2. The lowest BCUT2D eigenvalue weighted by Crippen LogP contribution is -2.07. The van der Waals surface area contributed by atoms with Crippen molar-refractivity contribution in [2.45, 2.75) is 65.3 Å². The zero-order valence-corrected chi connectivity index (χ0v) is 18.5. The molecule has 30 heavy (non-hydrogen) atoms. The Labute approximate surface area is 178 Å². The van der Waals surface area contributed by atoms with Crippen molar-refractivity contribution in [3.8, 4) is 5.75 Å². The maximum atomic E-state index is 10.4. The summed E-state index contributed by atoms with van der Waals surface area (Å²) >= 11 is 0. The molecule has 166 valence electrons. The summed E-state index contributed by atoms with van der Waals surface area (Å²) in [4.78, 5) is 19.0. The predicted octanol–water partition coefficient (Wildman–Crippen LogP) is 3.18. The summed E-state index contributed by atoms with van der Waals surface area (Å²) in [6, 6.07) is 6.06. The molecule has 2 aromatic rings. The number of aldehydes is 1. The number of benzene rings is 1. The van der Waals surface area contributed by atoms with Crippen molar-refractivity contribution in [1.82, 2.24) is 14.8 Å². The van der Waals surface area contributed by atoms with Gasteiger partial charge >= 0.3 is 0 Å². The standard InChI is InChI=1S/C13H21N3O.C8H11NO.CH3NO/c1-10(2)5-8-13-15-14-12(4-3-9-17)16(13)11-6-7-11;1-6-3-4-8(10)7(5-6)9-2;2-1-3/h9-11H,3-8H2,1-2H3;3-5,9-10H,1-2H3;1H,(H2,2,3). The average Bonchev–Trinajstić information content (AvgIpc) is 3.47. The Morgan fingerprint density at radius 3 is 2.30 bits per heavy atom. The number of amides is 1. The lowest BCUT2D eigenvalue weighted by atomic mass is 10.1. The van der Waals surface area contributed by atoms with Crippen LogP contribution >= 0.6 is 0 Å². The molecule has 3 rings (SSSR count). The van der Waals surface area contributed by atoms with Crippen LogP contribution in [0.1, 0.15) is 62.8 Å². The maximum Gasteiger partial charge on any atom is 0.204 e. The van der Waals surface area contributed by atoms with Gasteiger partial charge in [-0.15, -0.1) is 10.2 Å². The number of rotatable bonds is 8. The third-order valence-electron chi connectivity index (χ3n) is 4.60. The molecule has 4 N–H and O–H groups in total. The number of phenolic OH excluding ortho intramolecular Hbond substituents is 1. The summed E-state index contributed by atoms with van der Waals surface area (Å²) in [6.07, 6.45) is 7.12. The van der Waals surface area contributed by atoms with Crippen molar-refractivity contribution >= 4 is 18.4 Å². The van der Waals surface area contributed by atoms with E-state index >= 15 is 0 Å². The number of carbonyl (C=O) groups excluding carboxylic acids is 2. The van der Waals surface area contributed by atoms with Gasteiger partial charge in [0.15, 0.2) is 0 Å². The molecule has 1 fully saturated rings. The van der Waals surface area contributed by atoms with E-state index in [1.807, 2.05) is 19.1 Å². The molecule has 0 bridgehead atoms. The Bertz CT molecular complexity index is 785. The number of aryl methyl sites for hydroxylation is 3. The van der Waals surface area contributed by atoms with Crippen LogP contribution in [0.5, 0.6) is 5.75 Å². The summed E-state index contributed by atoms with van der Waals surface area (Å²) < 4.78 is 2.28. The van der Waals surface area contributed by atoms with Crippen LogP contribution in [0.15, 0.2) is 18.2 Å². The number of hydrogen-bond donors (Lipinski definition) is 3. The van der Waals surface area contributed by atoms with Gasteiger partial charge < -0.3 is 25.5 Å². The van der Waals surface area contributed by atoms with Crippen molar-refractivity contribution in [2.75, 3.05) is 12.4 Å². The largest absolute Gasteiger partial charge is 0.506 e. The number of nitrogens with two attached hydrogens (primary N) is 1. The number of aromatic hydroxyl groups is 1. The van der Waals surface area contributed by atoms with Crippen LogP contribution < -0.4 is 11.1 Å². The van der Waals surface area contributed by atoms with E-state index in [4.69, 9.17) is 4.79 Å². The van der Waals surface area contributed by atoms with Crippen molar-refractivity contribution in [3.05, 3.63) is 35.4 Å². The number of nitrogens with zero attached hydrogens (tertiary/aromatic N) is 3. The van der Waals surface area contributed by atoms with Gasteiger partial charge in [-0.25, -0.2) is 0 Å². The number of nitrogens with one attached hydrogen (secondary N) is 1. The number of carbonyl (C=O) groups is 2. The molecule has 1 amide bonds. The summed E-state index contributed by atoms with van der Waals surface area (Å²) in [5.41, 5.74) is 6.09. The van der Waals surface area contributed by atoms with Crippen LogP contribution in [0, 0.1) is 12.8 Å². The van der Waals surface area contributed by atoms with E-state index in [0.717, 1.165) is 48.4 Å². The molecule has 1 aromatic carbocycles. The molecule has 1 saturated carbocycles. The summed E-state index contributed by atoms with van der Waals surface area (Å²) in [5, 5.41) is 20.6. The molecular formula is C22H35N5O3. The van der Waals surface area contributed by atoms with Gasteiger partial charge in [0.05, 0.1) is 5.69 Å². The van der Waals surface area contributed by atoms with Gasteiger partial charge in [-0.1, -0.05) is 19.9 Å². The summed E-state index contributed by atoms with van der Waals surface area (Å²) in [7, 11) is 1.79. The molecule has 8 heteroatoms. The van der Waals surface area contributed by atoms with Gasteiger partial charge in [-0.05, 0) is 49.8 Å². The fourth-order valence-electron chi connectivity index (χ4n) is 2.91. The second-order valence-electron chi connectivity index (χ2n) is 7.68. The number of anilines is 1. The van der Waals surface area contributed by atoms with Crippen molar-refractivity contribution < 1.29 is 14.7 Å². The van der Waals surface area contributed by atoms with Gasteiger partial charge in [0.1, 0.15) is 23.7 Å². The number of hydrogen-bond acceptors (Lipinski definition) is 6. The molecule has 0 spiro atoms. The molecule has 0 radical (unpaired) electrons. The smallest absolute Gasteiger partial charge is 0.204 e. The van der Waals surface area contributed by atoms with E-state index in [2.05, 4.69) is 39.7 Å². The lowest BCUT2D eigenvalue weighted by molar-refractivity contribution is -0.108. The Morgan fingerprint density at radius 1 is 1.23 bits per heavy atom. The molecular weight excluding hydrogens is 382 g/mol. The quantitative estimate of drug-likeness (QED) is 0.448. The fourth-order valence-corrected chi connectivity index (χ4v) is 2.91. The fraction of sp³-hybridized carbons (Fsp3) is 0.545. The zero-order valence-electron chi connectivity index (χ0n) is 18.5. The first-order valence-electron chi connectivity index (χ1n) is 10.4. The van der Waals surface area contributed by atoms with E-state index in [1.165, 1.54) is 12.8 Å². The van der Waals surface area contributed by atoms with Crippen molar-refractivity contribution in [3.63, 3.8) is 0 Å². The Balaban J connectivity index is 0.000000294. The first kappa shape index (κ1) is 25.1. The maximum absolute atomic E-state index is 10.4. The van der Waals surface area contributed by atoms with Crippen LogP contribution in [0.3, 0.4) is 0 Å². The number of phenols is 1. The summed E-state index contributed by atoms with van der Waals surface area (Å²) in [6.45, 7) is 6.44. The second kappa shape index (κ2) is 13.3. The topological polar surface area (TPSA) is 123 Å². The Hall–Kier alpha value is -2.90. The highest BCUT2D eigenvalue weighted by atomic mass is 16.3. The third-order valence-corrected chi connectivity index (χ3v) is 4.60. The van der Waals surface area contributed by atoms with Crippen LogP contribution in [-0.2, 0) is 22.4 Å². The minimum absolute atomic E-state index is 0.250. The van der Waals surface area contributed by atoms with Gasteiger partial charge in [-0.3, -0.25) is 4.79 Å². The van der Waals surface area contributed by atoms with Crippen LogP contribution in [0.2, 0.25) is 0 Å². The Morgan fingerprint density at radius 2 is 1.83 bits per heavy atom. The SMILES string of the molecule is CC(C)CCc1nnc(CCC=O)n1C1CC1.CNc1cc(C)ccc1O.NC=O. The van der Waals surface area contributed by atoms with Crippen LogP contribution in [0.4, 0.5) is 5.69 Å². The minimum Gasteiger partial charge on any atom is -0.506 e. The molecule has 0 atom stereocenters. The highest BCUT2D eigenvalue weighted by Gasteiger charge is 2.28. The minimum atomic E-state index is 0.250. The number of primary amides is 1. The van der Waals surface area contributed by atoms with Gasteiger partial charge in [0.25, 0.3) is 0 Å². The lowest BCUT2D eigenvalue weighted by Gasteiger charge is -2.09. The van der Waals surface area contributed by atoms with Gasteiger partial charge in [0.2, 0.25) is 6.41 Å². The number of aromatic nitrogens is 3. The highest BCUT2D eigenvalue weighted by Crippen LogP contribution is 2.37. The highest BCUT2D eigenvalue weighted by molar-refractivity contribution is 5.56. The van der Waals surface area contributed by atoms with Gasteiger partial charge in [0, 0.05) is 32.4 Å². The molecule has 0 unspecified atom stereocenters. The second-order valence-corrected chi connectivity index (χ2v) is 7.68. The third kappa shape index (κ3) is 8.63. The average molecular weight is 418 g/mol. The molecule has 0 aliphatic heterocycles. The van der Waals surface area contributed by atoms with E-state index in [9.17, 15) is 9.90 Å². The molecule has 1 heterocycles. The van der Waals surface area contributed by atoms with E-state index in [0.29, 0.717) is 24.1 Å². The van der Waals surface area contributed by atoms with Gasteiger partial charge in [-0.2, -0.15) is 0 Å². The molecule has 0 saturated heterocycles. The first-order valence-corrected chi connectivity index (χ1v) is 10.4. The van der Waals surface area contributed by atoms with Crippen LogP contribution in [0.25, 0.3) is 0 Å². The van der Waals surface area contributed by atoms with Crippen molar-refractivity contribution in [2.24, 2.45) is 11.7 Å². The zero-order chi connectivity index (χ0) is 22.5. The van der Waals surface area contributed by atoms with E-state index in [1.54, 1.807) is 13.1 Å². The van der Waals surface area contributed by atoms with Crippen molar-refractivity contribution in [1.29, 1.82) is 0 Å². The molecule has 1 aliphatic rings. The normalized spacial score (nSPS) is 12.3. The molecule has 1 aromatic heterocycles. The molecule has 1 aliphatic carbocycles.